The van der Waals surface area contributed by atoms with Crippen LogP contribution in [0.15, 0.2) is 48.5 Å². The maximum absolute atomic E-state index is 13.3. The highest BCUT2D eigenvalue weighted by Crippen LogP contribution is 2.36. The Bertz CT molecular complexity index is 676. The largest absolute Gasteiger partial charge is 0.497 e. The molecule has 0 amide bonds. The summed E-state index contributed by atoms with van der Waals surface area (Å²) in [5.41, 5.74) is 2.20. The summed E-state index contributed by atoms with van der Waals surface area (Å²) in [5, 5.41) is 0. The van der Waals surface area contributed by atoms with Gasteiger partial charge in [-0.1, -0.05) is 30.7 Å². The van der Waals surface area contributed by atoms with Gasteiger partial charge >= 0.3 is 0 Å². The molecule has 0 aromatic heterocycles. The van der Waals surface area contributed by atoms with Crippen molar-refractivity contribution < 1.29 is 13.9 Å². The van der Waals surface area contributed by atoms with E-state index in [4.69, 9.17) is 4.74 Å². The lowest BCUT2D eigenvalue weighted by Crippen LogP contribution is -2.21. The Morgan fingerprint density at radius 1 is 1.04 bits per heavy atom. The van der Waals surface area contributed by atoms with Crippen molar-refractivity contribution in [3.63, 3.8) is 0 Å². The fraction of sp³-hybridized carbons (Fsp3) is 0.381. The lowest BCUT2D eigenvalue weighted by Gasteiger charge is -2.26. The zero-order chi connectivity index (χ0) is 16.9. The standard InChI is InChI=1S/C21H23FO2/c1-24-19-12-8-16(9-13-19)20(15-6-10-18(22)11-7-15)14-17-4-2-3-5-21(17)23/h6-13,17,20H,2-5,14H2,1H3. The Kier molecular flexibility index (Phi) is 5.29. The summed E-state index contributed by atoms with van der Waals surface area (Å²) >= 11 is 0. The first-order valence-corrected chi connectivity index (χ1v) is 8.59. The van der Waals surface area contributed by atoms with Gasteiger partial charge in [-0.2, -0.15) is 0 Å². The monoisotopic (exact) mass is 326 g/mol. The van der Waals surface area contributed by atoms with E-state index in [0.717, 1.165) is 42.6 Å². The molecule has 0 saturated heterocycles. The summed E-state index contributed by atoms with van der Waals surface area (Å²) in [7, 11) is 1.65. The van der Waals surface area contributed by atoms with Crippen LogP contribution in [0.3, 0.4) is 0 Å². The van der Waals surface area contributed by atoms with Gasteiger partial charge in [-0.15, -0.1) is 0 Å². The first-order chi connectivity index (χ1) is 11.7. The van der Waals surface area contributed by atoms with Crippen LogP contribution in [0, 0.1) is 11.7 Å². The molecule has 0 aliphatic heterocycles. The number of Topliss-reactive ketones (excluding diaryl/α,β-unsaturated/α-hetero) is 1. The summed E-state index contributed by atoms with van der Waals surface area (Å²) < 4.78 is 18.5. The number of benzene rings is 2. The van der Waals surface area contributed by atoms with Crippen LogP contribution in [0.5, 0.6) is 5.75 Å². The van der Waals surface area contributed by atoms with Gasteiger partial charge in [0.25, 0.3) is 0 Å². The number of halogens is 1. The van der Waals surface area contributed by atoms with Crippen molar-refractivity contribution in [1.82, 2.24) is 0 Å². The summed E-state index contributed by atoms with van der Waals surface area (Å²) in [6.45, 7) is 0. The molecule has 1 aliphatic carbocycles. The molecule has 0 N–H and O–H groups in total. The number of methoxy groups -OCH3 is 1. The van der Waals surface area contributed by atoms with E-state index in [-0.39, 0.29) is 17.7 Å². The van der Waals surface area contributed by atoms with E-state index < -0.39 is 0 Å². The molecular weight excluding hydrogens is 303 g/mol. The zero-order valence-corrected chi connectivity index (χ0v) is 14.0. The maximum atomic E-state index is 13.3. The molecule has 24 heavy (non-hydrogen) atoms. The van der Waals surface area contributed by atoms with Crippen molar-refractivity contribution >= 4 is 5.78 Å². The number of ketones is 1. The van der Waals surface area contributed by atoms with Crippen LogP contribution in [-0.2, 0) is 4.79 Å². The first kappa shape index (κ1) is 16.7. The molecule has 3 rings (SSSR count). The second kappa shape index (κ2) is 7.61. The van der Waals surface area contributed by atoms with Crippen molar-refractivity contribution in [1.29, 1.82) is 0 Å². The Morgan fingerprint density at radius 2 is 1.67 bits per heavy atom. The SMILES string of the molecule is COc1ccc(C(CC2CCCCC2=O)c2ccc(F)cc2)cc1. The van der Waals surface area contributed by atoms with Crippen LogP contribution < -0.4 is 4.74 Å². The number of hydrogen-bond acceptors (Lipinski definition) is 2. The Balaban J connectivity index is 1.90. The Hall–Kier alpha value is -2.16. The number of rotatable bonds is 5. The lowest BCUT2D eigenvalue weighted by atomic mass is 9.77. The molecule has 0 spiro atoms. The molecule has 0 radical (unpaired) electrons. The highest BCUT2D eigenvalue weighted by atomic mass is 19.1. The van der Waals surface area contributed by atoms with Crippen molar-refractivity contribution in [3.05, 3.63) is 65.5 Å². The van der Waals surface area contributed by atoms with Crippen LogP contribution in [0.4, 0.5) is 4.39 Å². The third-order valence-corrected chi connectivity index (χ3v) is 4.99. The van der Waals surface area contributed by atoms with Gasteiger partial charge in [0.2, 0.25) is 0 Å². The van der Waals surface area contributed by atoms with E-state index in [1.807, 2.05) is 36.4 Å². The second-order valence-corrected chi connectivity index (χ2v) is 6.52. The average molecular weight is 326 g/mol. The fourth-order valence-corrected chi connectivity index (χ4v) is 3.58. The minimum atomic E-state index is -0.235. The average Bonchev–Trinajstić information content (AvgIpc) is 2.62. The van der Waals surface area contributed by atoms with Gasteiger partial charge in [-0.3, -0.25) is 4.79 Å². The van der Waals surface area contributed by atoms with E-state index in [9.17, 15) is 9.18 Å². The van der Waals surface area contributed by atoms with Crippen LogP contribution >= 0.6 is 0 Å². The minimum Gasteiger partial charge on any atom is -0.497 e. The van der Waals surface area contributed by atoms with Gasteiger partial charge in [0.05, 0.1) is 7.11 Å². The molecule has 1 fully saturated rings. The normalized spacial score (nSPS) is 19.1. The molecule has 1 aliphatic rings. The van der Waals surface area contributed by atoms with Gasteiger partial charge in [-0.05, 0) is 54.7 Å². The molecule has 2 unspecified atom stereocenters. The van der Waals surface area contributed by atoms with Gasteiger partial charge in [0.15, 0.2) is 0 Å². The predicted octanol–water partition coefficient (Wildman–Crippen LogP) is 5.12. The third kappa shape index (κ3) is 3.84. The third-order valence-electron chi connectivity index (χ3n) is 4.99. The molecule has 2 aromatic carbocycles. The molecular formula is C21H23FO2. The van der Waals surface area contributed by atoms with Crippen LogP contribution in [0.1, 0.15) is 49.1 Å². The molecule has 3 heteroatoms. The first-order valence-electron chi connectivity index (χ1n) is 8.59. The minimum absolute atomic E-state index is 0.101. The van der Waals surface area contributed by atoms with Gasteiger partial charge < -0.3 is 4.74 Å². The van der Waals surface area contributed by atoms with E-state index in [1.54, 1.807) is 7.11 Å². The summed E-state index contributed by atoms with van der Waals surface area (Å²) in [4.78, 5) is 12.3. The van der Waals surface area contributed by atoms with Gasteiger partial charge in [-0.25, -0.2) is 4.39 Å². The molecule has 0 heterocycles. The van der Waals surface area contributed by atoms with Gasteiger partial charge in [0.1, 0.15) is 17.3 Å². The van der Waals surface area contributed by atoms with E-state index in [0.29, 0.717) is 12.2 Å². The van der Waals surface area contributed by atoms with Crippen LogP contribution in [-0.4, -0.2) is 12.9 Å². The van der Waals surface area contributed by atoms with Crippen molar-refractivity contribution in [2.75, 3.05) is 7.11 Å². The van der Waals surface area contributed by atoms with E-state index in [1.165, 1.54) is 12.1 Å². The lowest BCUT2D eigenvalue weighted by molar-refractivity contribution is -0.124. The molecule has 2 nitrogen and oxygen atoms in total. The summed E-state index contributed by atoms with van der Waals surface area (Å²) in [6.07, 6.45) is 4.58. The second-order valence-electron chi connectivity index (χ2n) is 6.52. The summed E-state index contributed by atoms with van der Waals surface area (Å²) in [6, 6.07) is 14.6. The van der Waals surface area contributed by atoms with Crippen LogP contribution in [0.25, 0.3) is 0 Å². The van der Waals surface area contributed by atoms with E-state index in [2.05, 4.69) is 0 Å². The van der Waals surface area contributed by atoms with Crippen molar-refractivity contribution in [3.8, 4) is 5.75 Å². The number of carbonyl (C=O) groups excluding carboxylic acids is 1. The topological polar surface area (TPSA) is 26.3 Å². The molecule has 2 aromatic rings. The van der Waals surface area contributed by atoms with Gasteiger partial charge in [0, 0.05) is 18.3 Å². The highest BCUT2D eigenvalue weighted by Gasteiger charge is 2.27. The molecule has 1 saturated carbocycles. The fourth-order valence-electron chi connectivity index (χ4n) is 3.58. The number of hydrogen-bond donors (Lipinski definition) is 0. The Morgan fingerprint density at radius 3 is 2.25 bits per heavy atom. The maximum Gasteiger partial charge on any atom is 0.136 e. The highest BCUT2D eigenvalue weighted by molar-refractivity contribution is 5.81. The van der Waals surface area contributed by atoms with E-state index >= 15 is 0 Å². The number of carbonyl (C=O) groups is 1. The molecule has 0 bridgehead atoms. The van der Waals surface area contributed by atoms with Crippen molar-refractivity contribution in [2.45, 2.75) is 38.0 Å². The molecule has 2 atom stereocenters. The zero-order valence-electron chi connectivity index (χ0n) is 14.0. The Labute approximate surface area is 142 Å². The van der Waals surface area contributed by atoms with Crippen LogP contribution in [0.2, 0.25) is 0 Å². The smallest absolute Gasteiger partial charge is 0.136 e. The molecule has 126 valence electrons. The number of ether oxygens (including phenoxy) is 1. The van der Waals surface area contributed by atoms with Crippen molar-refractivity contribution in [2.24, 2.45) is 5.92 Å². The summed E-state index contributed by atoms with van der Waals surface area (Å²) in [5.74, 6) is 1.16. The predicted molar refractivity (Wildman–Crippen MR) is 92.8 cm³/mol. The quantitative estimate of drug-likeness (QED) is 0.762.